The van der Waals surface area contributed by atoms with E-state index in [0.717, 1.165) is 22.5 Å². The first-order valence-electron chi connectivity index (χ1n) is 7.39. The Balaban J connectivity index is 1.84. The molecule has 0 fully saturated rings. The Morgan fingerprint density at radius 2 is 1.96 bits per heavy atom. The van der Waals surface area contributed by atoms with Crippen LogP contribution in [-0.2, 0) is 16.1 Å². The van der Waals surface area contributed by atoms with Crippen LogP contribution in [0.1, 0.15) is 22.5 Å². The minimum Gasteiger partial charge on any atom is -0.271 e. The highest BCUT2D eigenvalue weighted by Crippen LogP contribution is 2.17. The number of nitrogens with zero attached hydrogens (tertiary/aromatic N) is 2. The molecule has 24 heavy (non-hydrogen) atoms. The van der Waals surface area contributed by atoms with Crippen LogP contribution in [0.3, 0.4) is 0 Å². The normalized spacial score (nSPS) is 10.8. The molecular weight excluding hydrogens is 328 g/mol. The summed E-state index contributed by atoms with van der Waals surface area (Å²) in [6.07, 6.45) is 2.94. The Labute approximate surface area is 145 Å². The summed E-state index contributed by atoms with van der Waals surface area (Å²) in [6.45, 7) is 5.66. The molecule has 0 aliphatic rings. The molecule has 0 aliphatic carbocycles. The molecule has 7 heteroatoms. The first-order valence-corrected chi connectivity index (χ1v) is 7.77. The zero-order valence-corrected chi connectivity index (χ0v) is 14.5. The molecule has 126 valence electrons. The van der Waals surface area contributed by atoms with Crippen molar-refractivity contribution in [1.29, 1.82) is 0 Å². The summed E-state index contributed by atoms with van der Waals surface area (Å²) < 4.78 is 1.57. The van der Waals surface area contributed by atoms with E-state index in [4.69, 9.17) is 11.6 Å². The van der Waals surface area contributed by atoms with Crippen LogP contribution >= 0.6 is 11.6 Å². The number of hydrogen-bond donors (Lipinski definition) is 2. The lowest BCUT2D eigenvalue weighted by atomic mass is 10.1. The van der Waals surface area contributed by atoms with Gasteiger partial charge in [-0.15, -0.1) is 0 Å². The van der Waals surface area contributed by atoms with Crippen molar-refractivity contribution in [2.75, 3.05) is 0 Å². The molecule has 1 aromatic carbocycles. The topological polar surface area (TPSA) is 76.0 Å². The van der Waals surface area contributed by atoms with E-state index in [1.54, 1.807) is 16.8 Å². The summed E-state index contributed by atoms with van der Waals surface area (Å²) in [5.74, 6) is -0.797. The summed E-state index contributed by atoms with van der Waals surface area (Å²) in [4.78, 5) is 23.5. The maximum atomic E-state index is 11.8. The zero-order valence-electron chi connectivity index (χ0n) is 13.8. The number of benzene rings is 1. The number of amides is 2. The summed E-state index contributed by atoms with van der Waals surface area (Å²) in [6, 6.07) is 7.37. The number of hydrazine groups is 1. The Hall–Kier alpha value is -2.60. The van der Waals surface area contributed by atoms with E-state index < -0.39 is 5.91 Å². The largest absolute Gasteiger partial charge is 0.271 e. The first kappa shape index (κ1) is 17.7. The molecular formula is C17H19ClN4O2. The number of aryl methyl sites for hydroxylation is 3. The van der Waals surface area contributed by atoms with Crippen molar-refractivity contribution in [2.45, 2.75) is 27.3 Å². The summed E-state index contributed by atoms with van der Waals surface area (Å²) in [5, 5.41) is 4.82. The van der Waals surface area contributed by atoms with Crippen molar-refractivity contribution in [2.24, 2.45) is 0 Å². The lowest BCUT2D eigenvalue weighted by Crippen LogP contribution is -2.42. The third-order valence-electron chi connectivity index (χ3n) is 3.34. The second-order valence-corrected chi connectivity index (χ2v) is 5.87. The predicted molar refractivity (Wildman–Crippen MR) is 93.2 cm³/mol. The SMILES string of the molecule is Cc1cc(C)n(CC(=O)NNC(=O)/C=C/c2ccc(C)c(Cl)c2)n1. The number of rotatable bonds is 4. The zero-order chi connectivity index (χ0) is 17.7. The molecule has 1 heterocycles. The third-order valence-corrected chi connectivity index (χ3v) is 3.75. The Bertz CT molecular complexity index is 796. The fraction of sp³-hybridized carbons (Fsp3) is 0.235. The highest BCUT2D eigenvalue weighted by atomic mass is 35.5. The minimum atomic E-state index is -0.437. The monoisotopic (exact) mass is 346 g/mol. The fourth-order valence-corrected chi connectivity index (χ4v) is 2.26. The molecule has 1 aromatic heterocycles. The molecule has 2 N–H and O–H groups in total. The molecule has 6 nitrogen and oxygen atoms in total. The predicted octanol–water partition coefficient (Wildman–Crippen LogP) is 2.32. The number of carbonyl (C=O) groups is 2. The Kier molecular flexibility index (Phi) is 5.76. The third kappa shape index (κ3) is 4.96. The van der Waals surface area contributed by atoms with Crippen LogP contribution < -0.4 is 10.9 Å². The van der Waals surface area contributed by atoms with Gasteiger partial charge in [-0.25, -0.2) is 0 Å². The second-order valence-electron chi connectivity index (χ2n) is 5.46. The number of carbonyl (C=O) groups excluding carboxylic acids is 2. The van der Waals surface area contributed by atoms with E-state index >= 15 is 0 Å². The van der Waals surface area contributed by atoms with Gasteiger partial charge in [0.25, 0.3) is 11.8 Å². The van der Waals surface area contributed by atoms with Crippen molar-refractivity contribution in [3.8, 4) is 0 Å². The molecule has 2 aromatic rings. The van der Waals surface area contributed by atoms with E-state index in [9.17, 15) is 9.59 Å². The quantitative estimate of drug-likeness (QED) is 0.659. The van der Waals surface area contributed by atoms with Gasteiger partial charge in [-0.3, -0.25) is 25.1 Å². The Morgan fingerprint density at radius 1 is 1.21 bits per heavy atom. The molecule has 0 saturated carbocycles. The van der Waals surface area contributed by atoms with Crippen LogP contribution in [0.25, 0.3) is 6.08 Å². The summed E-state index contributed by atoms with van der Waals surface area (Å²) >= 11 is 6.02. The van der Waals surface area contributed by atoms with Crippen LogP contribution in [-0.4, -0.2) is 21.6 Å². The van der Waals surface area contributed by atoms with Gasteiger partial charge in [0, 0.05) is 16.8 Å². The van der Waals surface area contributed by atoms with Crippen LogP contribution in [0.4, 0.5) is 0 Å². The van der Waals surface area contributed by atoms with Crippen molar-refractivity contribution < 1.29 is 9.59 Å². The van der Waals surface area contributed by atoms with Gasteiger partial charge in [-0.1, -0.05) is 23.7 Å². The molecule has 0 radical (unpaired) electrons. The van der Waals surface area contributed by atoms with Gasteiger partial charge in [0.15, 0.2) is 0 Å². The molecule has 0 atom stereocenters. The van der Waals surface area contributed by atoms with Crippen LogP contribution in [0.5, 0.6) is 0 Å². The van der Waals surface area contributed by atoms with E-state index in [0.29, 0.717) is 5.02 Å². The van der Waals surface area contributed by atoms with Crippen LogP contribution in [0.2, 0.25) is 5.02 Å². The highest BCUT2D eigenvalue weighted by Gasteiger charge is 2.07. The van der Waals surface area contributed by atoms with Gasteiger partial charge >= 0.3 is 0 Å². The molecule has 0 aliphatic heterocycles. The van der Waals surface area contributed by atoms with E-state index in [1.165, 1.54) is 6.08 Å². The van der Waals surface area contributed by atoms with E-state index in [-0.39, 0.29) is 12.5 Å². The van der Waals surface area contributed by atoms with Gasteiger partial charge in [-0.05, 0) is 50.1 Å². The highest BCUT2D eigenvalue weighted by molar-refractivity contribution is 6.31. The number of halogens is 1. The maximum absolute atomic E-state index is 11.8. The first-order chi connectivity index (χ1) is 11.3. The van der Waals surface area contributed by atoms with Gasteiger partial charge in [0.1, 0.15) is 6.54 Å². The smallest absolute Gasteiger partial charge is 0.262 e. The lowest BCUT2D eigenvalue weighted by Gasteiger charge is -2.06. The van der Waals surface area contributed by atoms with Gasteiger partial charge in [0.2, 0.25) is 0 Å². The van der Waals surface area contributed by atoms with Crippen LogP contribution in [0.15, 0.2) is 30.3 Å². The summed E-state index contributed by atoms with van der Waals surface area (Å²) in [5.41, 5.74) is 8.16. The summed E-state index contributed by atoms with van der Waals surface area (Å²) in [7, 11) is 0. The Morgan fingerprint density at radius 3 is 2.58 bits per heavy atom. The maximum Gasteiger partial charge on any atom is 0.262 e. The van der Waals surface area contributed by atoms with Gasteiger partial charge in [-0.2, -0.15) is 5.10 Å². The molecule has 0 spiro atoms. The van der Waals surface area contributed by atoms with E-state index in [1.807, 2.05) is 39.0 Å². The molecule has 0 unspecified atom stereocenters. The average molecular weight is 347 g/mol. The average Bonchev–Trinajstić information content (AvgIpc) is 2.84. The number of nitrogens with one attached hydrogen (secondary N) is 2. The lowest BCUT2D eigenvalue weighted by molar-refractivity contribution is -0.127. The molecule has 2 amide bonds. The molecule has 2 rings (SSSR count). The van der Waals surface area contributed by atoms with Crippen molar-refractivity contribution in [3.05, 3.63) is 57.9 Å². The number of aromatic nitrogens is 2. The van der Waals surface area contributed by atoms with Crippen molar-refractivity contribution in [1.82, 2.24) is 20.6 Å². The van der Waals surface area contributed by atoms with Gasteiger partial charge in [0.05, 0.1) is 5.69 Å². The fourth-order valence-electron chi connectivity index (χ4n) is 2.07. The van der Waals surface area contributed by atoms with Crippen LogP contribution in [0, 0.1) is 20.8 Å². The van der Waals surface area contributed by atoms with E-state index in [2.05, 4.69) is 16.0 Å². The minimum absolute atomic E-state index is 0.0389. The molecule has 0 bridgehead atoms. The van der Waals surface area contributed by atoms with Gasteiger partial charge < -0.3 is 0 Å². The van der Waals surface area contributed by atoms with Crippen molar-refractivity contribution >= 4 is 29.5 Å². The number of hydrogen-bond acceptors (Lipinski definition) is 3. The standard InChI is InChI=1S/C17H19ClN4O2/c1-11-4-5-14(9-15(11)18)6-7-16(23)19-20-17(24)10-22-13(3)8-12(2)21-22/h4-9H,10H2,1-3H3,(H,19,23)(H,20,24)/b7-6+. The van der Waals surface area contributed by atoms with Crippen molar-refractivity contribution in [3.63, 3.8) is 0 Å². The second kappa shape index (κ2) is 7.79. The molecule has 0 saturated heterocycles.